The number of allylic oxidation sites excluding steroid dienone is 1. The first kappa shape index (κ1) is 12.9. The predicted octanol–water partition coefficient (Wildman–Crippen LogP) is 3.50. The Morgan fingerprint density at radius 3 is 2.62 bits per heavy atom. The molecule has 0 aliphatic carbocycles. The molecule has 0 saturated heterocycles. The summed E-state index contributed by atoms with van der Waals surface area (Å²) in [6.45, 7) is 1.25. The van der Waals surface area contributed by atoms with Gasteiger partial charge in [-0.1, -0.05) is 12.2 Å². The first-order valence-electron chi connectivity index (χ1n) is 4.83. The Bertz CT molecular complexity index is 427. The number of ketones is 1. The van der Waals surface area contributed by atoms with Gasteiger partial charge in [0.05, 0.1) is 5.56 Å². The Balaban J connectivity index is 3.09. The van der Waals surface area contributed by atoms with Gasteiger partial charge in [0, 0.05) is 11.6 Å². The van der Waals surface area contributed by atoms with Crippen molar-refractivity contribution in [3.8, 4) is 0 Å². The number of rotatable bonds is 4. The van der Waals surface area contributed by atoms with E-state index in [1.807, 2.05) is 0 Å². The van der Waals surface area contributed by atoms with Gasteiger partial charge in [-0.15, -0.1) is 0 Å². The largest absolute Gasteiger partial charge is 0.294 e. The lowest BCUT2D eigenvalue weighted by Crippen LogP contribution is -1.99. The average Bonchev–Trinajstić information content (AvgIpc) is 2.21. The van der Waals surface area contributed by atoms with E-state index in [1.54, 1.807) is 6.08 Å². The van der Waals surface area contributed by atoms with Crippen LogP contribution < -0.4 is 0 Å². The molecule has 0 bridgehead atoms. The zero-order chi connectivity index (χ0) is 12.1. The van der Waals surface area contributed by atoms with E-state index in [0.717, 1.165) is 6.07 Å². The predicted molar refractivity (Wildman–Crippen MR) is 63.9 cm³/mol. The van der Waals surface area contributed by atoms with Crippen LogP contribution in [0.15, 0.2) is 18.2 Å². The monoisotopic (exact) mass is 242 g/mol. The highest BCUT2D eigenvalue weighted by Crippen LogP contribution is 2.17. The van der Waals surface area contributed by atoms with Gasteiger partial charge in [-0.2, -0.15) is 12.6 Å². The Morgan fingerprint density at radius 2 is 2.06 bits per heavy atom. The third-order valence-electron chi connectivity index (χ3n) is 2.06. The van der Waals surface area contributed by atoms with E-state index in [9.17, 15) is 13.6 Å². The molecule has 4 heteroatoms. The van der Waals surface area contributed by atoms with Crippen molar-refractivity contribution in [1.29, 1.82) is 0 Å². The average molecular weight is 242 g/mol. The van der Waals surface area contributed by atoms with Crippen LogP contribution in [-0.4, -0.2) is 11.5 Å². The van der Waals surface area contributed by atoms with Gasteiger partial charge in [0.1, 0.15) is 11.6 Å². The summed E-state index contributed by atoms with van der Waals surface area (Å²) in [5.74, 6) is -1.26. The van der Waals surface area contributed by atoms with Gasteiger partial charge < -0.3 is 0 Å². The van der Waals surface area contributed by atoms with Crippen LogP contribution in [0, 0.1) is 11.6 Å². The maximum atomic E-state index is 13.3. The molecule has 0 aliphatic rings. The van der Waals surface area contributed by atoms with E-state index in [0.29, 0.717) is 12.2 Å². The lowest BCUT2D eigenvalue weighted by Gasteiger charge is -2.02. The fourth-order valence-corrected chi connectivity index (χ4v) is 1.40. The minimum atomic E-state index is -0.823. The van der Waals surface area contributed by atoms with Crippen LogP contribution in [0.1, 0.15) is 29.3 Å². The summed E-state index contributed by atoms with van der Waals surface area (Å²) in [6, 6.07) is 1.96. The van der Waals surface area contributed by atoms with E-state index < -0.39 is 17.4 Å². The van der Waals surface area contributed by atoms with Crippen LogP contribution in [0.3, 0.4) is 0 Å². The van der Waals surface area contributed by atoms with Crippen molar-refractivity contribution in [2.45, 2.75) is 13.3 Å². The van der Waals surface area contributed by atoms with Crippen LogP contribution in [-0.2, 0) is 0 Å². The topological polar surface area (TPSA) is 17.1 Å². The second-order valence-electron chi connectivity index (χ2n) is 3.32. The van der Waals surface area contributed by atoms with Crippen LogP contribution >= 0.6 is 12.6 Å². The third-order valence-corrected chi connectivity index (χ3v) is 2.32. The molecular formula is C12H12F2OS. The molecule has 0 heterocycles. The van der Waals surface area contributed by atoms with E-state index in [4.69, 9.17) is 0 Å². The molecule has 0 fully saturated rings. The molecule has 0 aliphatic heterocycles. The third kappa shape index (κ3) is 3.17. The van der Waals surface area contributed by atoms with Crippen molar-refractivity contribution in [2.75, 3.05) is 5.75 Å². The molecule has 0 radical (unpaired) electrons. The molecular weight excluding hydrogens is 230 g/mol. The molecule has 16 heavy (non-hydrogen) atoms. The minimum absolute atomic E-state index is 0.0908. The fourth-order valence-electron chi connectivity index (χ4n) is 1.25. The van der Waals surface area contributed by atoms with Crippen molar-refractivity contribution in [1.82, 2.24) is 0 Å². The molecule has 0 unspecified atom stereocenters. The van der Waals surface area contributed by atoms with E-state index in [1.165, 1.54) is 19.1 Å². The van der Waals surface area contributed by atoms with Gasteiger partial charge in [0.15, 0.2) is 5.78 Å². The molecule has 0 spiro atoms. The summed E-state index contributed by atoms with van der Waals surface area (Å²) in [5, 5.41) is 0. The lowest BCUT2D eigenvalue weighted by molar-refractivity contribution is 0.101. The zero-order valence-corrected chi connectivity index (χ0v) is 9.73. The minimum Gasteiger partial charge on any atom is -0.294 e. The first-order valence-corrected chi connectivity index (χ1v) is 5.47. The normalized spacial score (nSPS) is 11.0. The summed E-state index contributed by atoms with van der Waals surface area (Å²) < 4.78 is 26.5. The molecule has 0 amide bonds. The van der Waals surface area contributed by atoms with Crippen molar-refractivity contribution in [3.63, 3.8) is 0 Å². The molecule has 1 nitrogen and oxygen atoms in total. The number of carbonyl (C=O) groups is 1. The van der Waals surface area contributed by atoms with Crippen LogP contribution in [0.25, 0.3) is 6.08 Å². The molecule has 0 aromatic heterocycles. The molecule has 86 valence electrons. The van der Waals surface area contributed by atoms with Crippen LogP contribution in [0.5, 0.6) is 0 Å². The van der Waals surface area contributed by atoms with Gasteiger partial charge >= 0.3 is 0 Å². The first-order chi connectivity index (χ1) is 7.56. The Kier molecular flexibility index (Phi) is 4.68. The van der Waals surface area contributed by atoms with Crippen molar-refractivity contribution in [3.05, 3.63) is 41.0 Å². The summed E-state index contributed by atoms with van der Waals surface area (Å²) in [6.07, 6.45) is 3.94. The highest BCUT2D eigenvalue weighted by molar-refractivity contribution is 7.80. The number of carbonyl (C=O) groups excluding carboxylic acids is 1. The van der Waals surface area contributed by atoms with E-state index >= 15 is 0 Å². The number of hydrogen-bond acceptors (Lipinski definition) is 2. The summed E-state index contributed by atoms with van der Waals surface area (Å²) >= 11 is 4.00. The van der Waals surface area contributed by atoms with E-state index in [2.05, 4.69) is 12.6 Å². The number of halogens is 2. The number of thiol groups is 1. The second-order valence-corrected chi connectivity index (χ2v) is 3.77. The lowest BCUT2D eigenvalue weighted by atomic mass is 10.1. The summed E-state index contributed by atoms with van der Waals surface area (Å²) in [4.78, 5) is 11.1. The molecule has 1 aromatic rings. The van der Waals surface area contributed by atoms with Crippen LogP contribution in [0.4, 0.5) is 8.78 Å². The van der Waals surface area contributed by atoms with Crippen LogP contribution in [0.2, 0.25) is 0 Å². The van der Waals surface area contributed by atoms with Crippen molar-refractivity contribution >= 4 is 24.5 Å². The Morgan fingerprint density at radius 1 is 1.38 bits per heavy atom. The zero-order valence-electron chi connectivity index (χ0n) is 8.84. The number of hydrogen-bond donors (Lipinski definition) is 1. The second kappa shape index (κ2) is 5.80. The highest BCUT2D eigenvalue weighted by Gasteiger charge is 2.11. The Labute approximate surface area is 98.6 Å². The Hall–Kier alpha value is -1.16. The molecule has 1 rings (SSSR count). The van der Waals surface area contributed by atoms with Gasteiger partial charge in [0.25, 0.3) is 0 Å². The van der Waals surface area contributed by atoms with Crippen molar-refractivity contribution < 1.29 is 13.6 Å². The standard InChI is InChI=1S/C12H12F2OS/c1-8(15)10-6-9(4-2-3-5-16)11(13)7-12(10)14/h2,4,6-7,16H,3,5H2,1H3. The van der Waals surface area contributed by atoms with Crippen molar-refractivity contribution in [2.24, 2.45) is 0 Å². The van der Waals surface area contributed by atoms with Gasteiger partial charge in [-0.05, 0) is 25.2 Å². The fraction of sp³-hybridized carbons (Fsp3) is 0.250. The molecule has 0 saturated carbocycles. The van der Waals surface area contributed by atoms with E-state index in [-0.39, 0.29) is 11.1 Å². The summed E-state index contributed by atoms with van der Waals surface area (Å²) in [7, 11) is 0. The maximum Gasteiger partial charge on any atom is 0.162 e. The summed E-state index contributed by atoms with van der Waals surface area (Å²) in [5.41, 5.74) is 0.125. The quantitative estimate of drug-likeness (QED) is 0.631. The number of Topliss-reactive ketones (excluding diaryl/α,β-unsaturated/α-hetero) is 1. The smallest absolute Gasteiger partial charge is 0.162 e. The molecule has 0 atom stereocenters. The highest BCUT2D eigenvalue weighted by atomic mass is 32.1. The SMILES string of the molecule is CC(=O)c1cc(C=CCCS)c(F)cc1F. The van der Waals surface area contributed by atoms with Gasteiger partial charge in [-0.3, -0.25) is 4.79 Å². The molecule has 1 aromatic carbocycles. The maximum absolute atomic E-state index is 13.3. The molecule has 0 N–H and O–H groups in total. The van der Waals surface area contributed by atoms with Gasteiger partial charge in [-0.25, -0.2) is 8.78 Å². The van der Waals surface area contributed by atoms with Gasteiger partial charge in [0.2, 0.25) is 0 Å². The number of benzene rings is 1.